The number of rotatable bonds is 2. The van der Waals surface area contributed by atoms with E-state index in [4.69, 9.17) is 11.6 Å². The highest BCUT2D eigenvalue weighted by atomic mass is 79.9. The van der Waals surface area contributed by atoms with Crippen LogP contribution in [-0.4, -0.2) is 16.6 Å². The highest BCUT2D eigenvalue weighted by Crippen LogP contribution is 2.46. The Morgan fingerprint density at radius 2 is 1.70 bits per heavy atom. The molecule has 0 aliphatic heterocycles. The predicted molar refractivity (Wildman–Crippen MR) is 93.8 cm³/mol. The fourth-order valence-electron chi connectivity index (χ4n) is 3.59. The van der Waals surface area contributed by atoms with Crippen molar-refractivity contribution in [1.82, 2.24) is 4.98 Å². The zero-order chi connectivity index (χ0) is 16.1. The lowest BCUT2D eigenvalue weighted by molar-refractivity contribution is -0.136. The van der Waals surface area contributed by atoms with Crippen LogP contribution in [0.4, 0.5) is 0 Å². The molecule has 2 atom stereocenters. The van der Waals surface area contributed by atoms with Gasteiger partial charge >= 0.3 is 0 Å². The smallest absolute Gasteiger partial charge is 0.152 e. The number of carbonyl (C=O) groups is 2. The molecule has 0 saturated heterocycles. The van der Waals surface area contributed by atoms with Gasteiger partial charge in [0, 0.05) is 22.4 Å². The van der Waals surface area contributed by atoms with Gasteiger partial charge in [-0.3, -0.25) is 9.59 Å². The average molecular weight is 411 g/mol. The Hall–Kier alpha value is -1.04. The van der Waals surface area contributed by atoms with E-state index in [9.17, 15) is 9.59 Å². The number of Topliss-reactive ketones (excluding diaryl/α,β-unsaturated/α-hetero) is 2. The molecule has 2 bridgehead atoms. The molecule has 1 heterocycles. The minimum Gasteiger partial charge on any atom is -0.298 e. The standard InChI is InChI=1S/C17H13BrClNO2S/c18-16-13(12-14(21)9-1-2-10(7-9)15(12)22)20-17(23-16)8-3-5-11(19)6-4-8/h3-6,9-10,12H,1-2,7H2/t9-,10-/m0/s1. The molecule has 118 valence electrons. The molecule has 0 N–H and O–H groups in total. The van der Waals surface area contributed by atoms with Crippen molar-refractivity contribution in [2.24, 2.45) is 11.8 Å². The van der Waals surface area contributed by atoms with Crippen LogP contribution in [-0.2, 0) is 9.59 Å². The maximum Gasteiger partial charge on any atom is 0.152 e. The number of carbonyl (C=O) groups excluding carboxylic acids is 2. The molecule has 2 aromatic rings. The molecule has 0 amide bonds. The molecule has 2 fully saturated rings. The normalized spacial score (nSPS) is 26.8. The lowest BCUT2D eigenvalue weighted by Crippen LogP contribution is -2.35. The van der Waals surface area contributed by atoms with Crippen molar-refractivity contribution in [1.29, 1.82) is 0 Å². The number of hydrogen-bond donors (Lipinski definition) is 0. The van der Waals surface area contributed by atoms with Gasteiger partial charge in [0.05, 0.1) is 9.48 Å². The van der Waals surface area contributed by atoms with Crippen molar-refractivity contribution in [3.05, 3.63) is 38.8 Å². The van der Waals surface area contributed by atoms with Gasteiger partial charge in [-0.05, 0) is 47.3 Å². The molecule has 6 heteroatoms. The maximum atomic E-state index is 12.6. The van der Waals surface area contributed by atoms with Gasteiger partial charge in [-0.15, -0.1) is 11.3 Å². The molecule has 2 aliphatic rings. The molecule has 23 heavy (non-hydrogen) atoms. The van der Waals surface area contributed by atoms with Crippen LogP contribution < -0.4 is 0 Å². The van der Waals surface area contributed by atoms with Gasteiger partial charge < -0.3 is 0 Å². The Kier molecular flexibility index (Phi) is 3.90. The monoisotopic (exact) mass is 409 g/mol. The second-order valence-electron chi connectivity index (χ2n) is 6.13. The first-order valence-corrected chi connectivity index (χ1v) is 9.53. The Balaban J connectivity index is 1.73. The quantitative estimate of drug-likeness (QED) is 0.663. The van der Waals surface area contributed by atoms with E-state index in [-0.39, 0.29) is 23.4 Å². The van der Waals surface area contributed by atoms with Gasteiger partial charge in [0.25, 0.3) is 0 Å². The third-order valence-electron chi connectivity index (χ3n) is 4.78. The molecule has 1 aromatic heterocycles. The zero-order valence-electron chi connectivity index (χ0n) is 12.1. The molecule has 0 spiro atoms. The molecule has 4 rings (SSSR count). The minimum absolute atomic E-state index is 0.0373. The summed E-state index contributed by atoms with van der Waals surface area (Å²) >= 11 is 10.9. The molecule has 1 aromatic carbocycles. The SMILES string of the molecule is O=C1C(c2nc(-c3ccc(Cl)cc3)sc2Br)C(=O)[C@H]2CC[C@H]1C2. The van der Waals surface area contributed by atoms with Crippen LogP contribution >= 0.6 is 38.9 Å². The van der Waals surface area contributed by atoms with Crippen molar-refractivity contribution < 1.29 is 9.59 Å². The summed E-state index contributed by atoms with van der Waals surface area (Å²) in [6, 6.07) is 7.41. The van der Waals surface area contributed by atoms with E-state index in [0.29, 0.717) is 10.7 Å². The summed E-state index contributed by atoms with van der Waals surface area (Å²) < 4.78 is 0.774. The fourth-order valence-corrected chi connectivity index (χ4v) is 5.33. The van der Waals surface area contributed by atoms with Crippen LogP contribution in [0.25, 0.3) is 10.6 Å². The maximum absolute atomic E-state index is 12.6. The Morgan fingerprint density at radius 3 is 2.30 bits per heavy atom. The number of thiazole rings is 1. The van der Waals surface area contributed by atoms with Gasteiger partial charge in [-0.25, -0.2) is 4.98 Å². The van der Waals surface area contributed by atoms with Crippen LogP contribution in [0.1, 0.15) is 30.9 Å². The number of ketones is 2. The number of halogens is 2. The third-order valence-corrected chi connectivity index (χ3v) is 6.83. The van der Waals surface area contributed by atoms with Crippen LogP contribution in [0.2, 0.25) is 5.02 Å². The van der Waals surface area contributed by atoms with E-state index in [2.05, 4.69) is 20.9 Å². The van der Waals surface area contributed by atoms with Crippen LogP contribution in [0.15, 0.2) is 28.1 Å². The van der Waals surface area contributed by atoms with Crippen molar-refractivity contribution in [2.45, 2.75) is 25.2 Å². The highest BCUT2D eigenvalue weighted by Gasteiger charge is 2.48. The number of benzene rings is 1. The Labute approximate surface area is 151 Å². The molecule has 2 aliphatic carbocycles. The summed E-state index contributed by atoms with van der Waals surface area (Å²) in [6.07, 6.45) is 2.43. The Bertz CT molecular complexity index is 779. The van der Waals surface area contributed by atoms with Crippen LogP contribution in [0.3, 0.4) is 0 Å². The Morgan fingerprint density at radius 1 is 1.09 bits per heavy atom. The largest absolute Gasteiger partial charge is 0.298 e. The number of nitrogens with zero attached hydrogens (tertiary/aromatic N) is 1. The summed E-state index contributed by atoms with van der Waals surface area (Å²) in [5.74, 6) is -0.506. The van der Waals surface area contributed by atoms with E-state index in [1.807, 2.05) is 24.3 Å². The lowest BCUT2D eigenvalue weighted by atomic mass is 9.77. The lowest BCUT2D eigenvalue weighted by Gasteiger charge is -2.24. The highest BCUT2D eigenvalue weighted by molar-refractivity contribution is 9.11. The number of aromatic nitrogens is 1. The minimum atomic E-state index is -0.687. The van der Waals surface area contributed by atoms with Crippen molar-refractivity contribution in [2.75, 3.05) is 0 Å². The summed E-state index contributed by atoms with van der Waals surface area (Å²) in [7, 11) is 0. The second kappa shape index (κ2) is 5.80. The zero-order valence-corrected chi connectivity index (χ0v) is 15.2. The van der Waals surface area contributed by atoms with Gasteiger partial charge in [0.1, 0.15) is 10.9 Å². The molecular formula is C17H13BrClNO2S. The fraction of sp³-hybridized carbons (Fsp3) is 0.353. The molecule has 3 nitrogen and oxygen atoms in total. The molecule has 2 saturated carbocycles. The number of fused-ring (bicyclic) bond motifs is 2. The second-order valence-corrected chi connectivity index (χ2v) is 8.88. The summed E-state index contributed by atoms with van der Waals surface area (Å²) in [4.78, 5) is 29.9. The van der Waals surface area contributed by atoms with Gasteiger partial charge in [0.2, 0.25) is 0 Å². The van der Waals surface area contributed by atoms with Crippen molar-refractivity contribution in [3.8, 4) is 10.6 Å². The summed E-state index contributed by atoms with van der Waals surface area (Å²) in [6.45, 7) is 0. The van der Waals surface area contributed by atoms with E-state index < -0.39 is 5.92 Å². The molecule has 0 radical (unpaired) electrons. The van der Waals surface area contributed by atoms with Gasteiger partial charge in [-0.1, -0.05) is 23.7 Å². The average Bonchev–Trinajstić information content (AvgIpc) is 3.13. The summed E-state index contributed by atoms with van der Waals surface area (Å²) in [5.41, 5.74) is 1.52. The van der Waals surface area contributed by atoms with Crippen LogP contribution in [0.5, 0.6) is 0 Å². The van der Waals surface area contributed by atoms with E-state index in [1.54, 1.807) is 0 Å². The van der Waals surface area contributed by atoms with Crippen LogP contribution in [0, 0.1) is 11.8 Å². The first-order valence-electron chi connectivity index (χ1n) is 7.54. The third kappa shape index (κ3) is 2.59. The van der Waals surface area contributed by atoms with Gasteiger partial charge in [0.15, 0.2) is 11.6 Å². The predicted octanol–water partition coefficient (Wildman–Crippen LogP) is 4.88. The first-order chi connectivity index (χ1) is 11.0. The molecule has 0 unspecified atom stereocenters. The topological polar surface area (TPSA) is 47.0 Å². The van der Waals surface area contributed by atoms with E-state index >= 15 is 0 Å². The van der Waals surface area contributed by atoms with Crippen molar-refractivity contribution >= 4 is 50.4 Å². The molecular weight excluding hydrogens is 398 g/mol. The van der Waals surface area contributed by atoms with Crippen molar-refractivity contribution in [3.63, 3.8) is 0 Å². The first kappa shape index (κ1) is 15.5. The van der Waals surface area contributed by atoms with E-state index in [1.165, 1.54) is 11.3 Å². The number of hydrogen-bond acceptors (Lipinski definition) is 4. The summed E-state index contributed by atoms with van der Waals surface area (Å²) in [5, 5.41) is 1.46. The van der Waals surface area contributed by atoms with Gasteiger partial charge in [-0.2, -0.15) is 0 Å². The van der Waals surface area contributed by atoms with E-state index in [0.717, 1.165) is 33.6 Å².